The molecule has 3 aromatic rings. The Morgan fingerprint density at radius 3 is 1.60 bits per heavy atom. The average Bonchev–Trinajstić information content (AvgIpc) is 2.70. The van der Waals surface area contributed by atoms with Gasteiger partial charge in [-0.2, -0.15) is 0 Å². The van der Waals surface area contributed by atoms with Crippen LogP contribution in [0, 0.1) is 6.92 Å². The predicted octanol–water partition coefficient (Wildman–Crippen LogP) is 5.26. The third kappa shape index (κ3) is 2.25. The van der Waals surface area contributed by atoms with Crippen LogP contribution in [0.1, 0.15) is 12.0 Å². The second-order valence-electron chi connectivity index (χ2n) is 6.72. The van der Waals surface area contributed by atoms with Crippen molar-refractivity contribution >= 4 is 22.5 Å². The van der Waals surface area contributed by atoms with E-state index in [-0.39, 0.29) is 0 Å². The van der Waals surface area contributed by atoms with Gasteiger partial charge in [-0.05, 0) is 0 Å². The van der Waals surface area contributed by atoms with E-state index >= 15 is 0 Å². The zero-order valence-electron chi connectivity index (χ0n) is 14.5. The van der Waals surface area contributed by atoms with E-state index in [1.165, 1.54) is 21.5 Å². The number of aryl methyl sites for hydroxylation is 1. The third-order valence-electron chi connectivity index (χ3n) is 5.36. The Morgan fingerprint density at radius 2 is 1.08 bits per heavy atom. The summed E-state index contributed by atoms with van der Waals surface area (Å²) >= 11 is 0. The summed E-state index contributed by atoms with van der Waals surface area (Å²) in [6.45, 7) is -0.535. The van der Waals surface area contributed by atoms with E-state index in [0.29, 0.717) is 0 Å². The van der Waals surface area contributed by atoms with Crippen LogP contribution in [-0.4, -0.2) is 0 Å². The van der Waals surface area contributed by atoms with Gasteiger partial charge in [-0.3, -0.25) is 0 Å². The molecule has 0 spiro atoms. The second-order valence-corrected chi connectivity index (χ2v) is 11.4. The number of hydrogen-bond acceptors (Lipinski definition) is 0. The maximum atomic E-state index is 2.53. The fourth-order valence-electron chi connectivity index (χ4n) is 4.22. The quantitative estimate of drug-likeness (QED) is 0.570. The molecular weight excluding hydrogens is 319 g/mol. The Balaban J connectivity index is 2.23. The monoisotopic (exact) mass is 342 g/mol. The van der Waals surface area contributed by atoms with E-state index < -0.39 is 6.60 Å². The molecule has 124 valence electrons. The molecular formula is C24H23P. The summed E-state index contributed by atoms with van der Waals surface area (Å²) < 4.78 is 0. The van der Waals surface area contributed by atoms with Crippen molar-refractivity contribution in [3.05, 3.63) is 114 Å². The SMILES string of the molecule is Cc1ccccc1P1(c2ccccc2)(c2ccccc2)C=CCC=C1. The van der Waals surface area contributed by atoms with Gasteiger partial charge in [0.05, 0.1) is 0 Å². The van der Waals surface area contributed by atoms with Gasteiger partial charge in [-0.25, -0.2) is 0 Å². The molecule has 0 saturated carbocycles. The molecule has 0 aliphatic carbocycles. The number of rotatable bonds is 3. The maximum absolute atomic E-state index is 2.78. The number of hydrogen-bond donors (Lipinski definition) is 0. The van der Waals surface area contributed by atoms with Gasteiger partial charge in [0.1, 0.15) is 0 Å². The molecule has 0 atom stereocenters. The van der Waals surface area contributed by atoms with Crippen LogP contribution in [0.25, 0.3) is 0 Å². The first-order valence-corrected chi connectivity index (χ1v) is 11.2. The molecule has 1 heterocycles. The molecule has 0 N–H and O–H groups in total. The first kappa shape index (κ1) is 16.1. The standard InChI is InChI=1S/C24H23P/c1-21-13-9-10-18-24(21)25(19-11-4-12-20-25,22-14-5-2-6-15-22)23-16-7-3-8-17-23/h2-3,5-20H,4H2,1H3. The molecule has 1 aliphatic rings. The van der Waals surface area contributed by atoms with Gasteiger partial charge in [-0.1, -0.05) is 0 Å². The van der Waals surface area contributed by atoms with Crippen molar-refractivity contribution in [2.75, 3.05) is 0 Å². The van der Waals surface area contributed by atoms with Gasteiger partial charge in [0.2, 0.25) is 0 Å². The minimum atomic E-state index is -2.78. The second kappa shape index (κ2) is 6.14. The molecule has 0 aromatic heterocycles. The Kier molecular flexibility index (Phi) is 3.94. The van der Waals surface area contributed by atoms with Crippen molar-refractivity contribution in [1.29, 1.82) is 0 Å². The van der Waals surface area contributed by atoms with Crippen LogP contribution in [0.4, 0.5) is 0 Å². The van der Waals surface area contributed by atoms with Gasteiger partial charge in [0.15, 0.2) is 0 Å². The van der Waals surface area contributed by atoms with Crippen LogP contribution < -0.4 is 15.9 Å². The van der Waals surface area contributed by atoms with Crippen molar-refractivity contribution in [1.82, 2.24) is 0 Å². The molecule has 25 heavy (non-hydrogen) atoms. The van der Waals surface area contributed by atoms with Gasteiger partial charge in [0.25, 0.3) is 0 Å². The summed E-state index contributed by atoms with van der Waals surface area (Å²) in [5, 5.41) is 4.25. The van der Waals surface area contributed by atoms with Gasteiger partial charge < -0.3 is 0 Å². The molecule has 0 bridgehead atoms. The van der Waals surface area contributed by atoms with Gasteiger partial charge in [0, 0.05) is 0 Å². The molecule has 0 radical (unpaired) electrons. The zero-order chi connectivity index (χ0) is 17.2. The summed E-state index contributed by atoms with van der Waals surface area (Å²) in [5.74, 6) is 5.05. The summed E-state index contributed by atoms with van der Waals surface area (Å²) in [7, 11) is 0. The fourth-order valence-corrected chi connectivity index (χ4v) is 10.2. The number of benzene rings is 3. The van der Waals surface area contributed by atoms with Crippen LogP contribution in [0.5, 0.6) is 0 Å². The van der Waals surface area contributed by atoms with Crippen molar-refractivity contribution in [3.8, 4) is 0 Å². The molecule has 1 heteroatoms. The third-order valence-corrected chi connectivity index (χ3v) is 11.4. The summed E-state index contributed by atoms with van der Waals surface area (Å²) in [6.07, 6.45) is 5.71. The van der Waals surface area contributed by atoms with E-state index in [1.54, 1.807) is 0 Å². The normalized spacial score (nSPS) is 19.0. The van der Waals surface area contributed by atoms with Gasteiger partial charge in [-0.15, -0.1) is 0 Å². The summed E-state index contributed by atoms with van der Waals surface area (Å²) in [4.78, 5) is 0. The first-order valence-electron chi connectivity index (χ1n) is 8.82. The molecule has 0 nitrogen and oxygen atoms in total. The average molecular weight is 342 g/mol. The van der Waals surface area contributed by atoms with Crippen LogP contribution >= 0.6 is 6.60 Å². The molecule has 0 amide bonds. The van der Waals surface area contributed by atoms with E-state index in [1.807, 2.05) is 0 Å². The van der Waals surface area contributed by atoms with Gasteiger partial charge >= 0.3 is 150 Å². The Hall–Kier alpha value is -2.43. The van der Waals surface area contributed by atoms with Crippen molar-refractivity contribution in [2.45, 2.75) is 13.3 Å². The summed E-state index contributed by atoms with van der Waals surface area (Å²) in [6, 6.07) is 31.0. The molecule has 0 fully saturated rings. The van der Waals surface area contributed by atoms with Crippen molar-refractivity contribution in [2.24, 2.45) is 0 Å². The molecule has 0 saturated heterocycles. The Labute approximate surface area is 150 Å². The van der Waals surface area contributed by atoms with E-state index in [2.05, 4.69) is 116 Å². The van der Waals surface area contributed by atoms with E-state index in [9.17, 15) is 0 Å². The van der Waals surface area contributed by atoms with Crippen molar-refractivity contribution in [3.63, 3.8) is 0 Å². The van der Waals surface area contributed by atoms with E-state index in [4.69, 9.17) is 0 Å². The fraction of sp³-hybridized carbons (Fsp3) is 0.0833. The first-order chi connectivity index (χ1) is 12.3. The van der Waals surface area contributed by atoms with Crippen LogP contribution in [0.2, 0.25) is 0 Å². The van der Waals surface area contributed by atoms with Crippen LogP contribution in [0.3, 0.4) is 0 Å². The van der Waals surface area contributed by atoms with Crippen molar-refractivity contribution < 1.29 is 0 Å². The van der Waals surface area contributed by atoms with Crippen LogP contribution in [-0.2, 0) is 0 Å². The Bertz CT molecular complexity index is 881. The minimum absolute atomic E-state index is 1.00. The molecule has 1 aliphatic heterocycles. The molecule has 3 aromatic carbocycles. The van der Waals surface area contributed by atoms with E-state index in [0.717, 1.165) is 6.42 Å². The molecule has 4 rings (SSSR count). The summed E-state index contributed by atoms with van der Waals surface area (Å²) in [5.41, 5.74) is 1.35. The predicted molar refractivity (Wildman–Crippen MR) is 113 cm³/mol. The zero-order valence-corrected chi connectivity index (χ0v) is 15.4. The topological polar surface area (TPSA) is 0 Å². The van der Waals surface area contributed by atoms with Crippen LogP contribution in [0.15, 0.2) is 109 Å². The number of allylic oxidation sites excluding steroid dienone is 2. The molecule has 0 unspecified atom stereocenters. The Morgan fingerprint density at radius 1 is 0.600 bits per heavy atom.